The minimum atomic E-state index is -1.00. The quantitative estimate of drug-likeness (QED) is 0.209. The number of rotatable bonds is 5. The number of aliphatic imine (C=N–C) groups is 1. The minimum absolute atomic E-state index is 0. The van der Waals surface area contributed by atoms with Crippen molar-refractivity contribution in [1.29, 1.82) is 0 Å². The van der Waals surface area contributed by atoms with E-state index in [2.05, 4.69) is 4.99 Å². The highest BCUT2D eigenvalue weighted by atomic mass is 16.4. The van der Waals surface area contributed by atoms with Crippen LogP contribution in [-0.4, -0.2) is 46.1 Å². The van der Waals surface area contributed by atoms with Crippen molar-refractivity contribution in [2.45, 2.75) is 18.9 Å². The number of nitrogens with two attached hydrogens (primary N) is 3. The Balaban J connectivity index is -0.000000202. The summed E-state index contributed by atoms with van der Waals surface area (Å²) in [7, 11) is 0. The van der Waals surface area contributed by atoms with Gasteiger partial charge in [0.05, 0.1) is 0 Å². The molecule has 0 bridgehead atoms. The number of aliphatic carboxylic acids is 1. The Morgan fingerprint density at radius 1 is 1.27 bits per heavy atom. The molecular weight excluding hydrogens is 208 g/mol. The molecule has 0 unspecified atom stereocenters. The molecule has 0 aromatic carbocycles. The van der Waals surface area contributed by atoms with Gasteiger partial charge in [0.15, 0.2) is 5.96 Å². The molecule has 0 rings (SSSR count). The molecule has 15 heavy (non-hydrogen) atoms. The van der Waals surface area contributed by atoms with Crippen molar-refractivity contribution in [2.24, 2.45) is 22.2 Å². The van der Waals surface area contributed by atoms with Gasteiger partial charge in [-0.15, -0.1) is 0 Å². The first-order chi connectivity index (χ1) is 5.54. The average Bonchev–Trinajstić information content (AvgIpc) is 1.97. The first-order valence-corrected chi connectivity index (χ1v) is 3.58. The zero-order valence-corrected chi connectivity index (χ0v) is 8.23. The summed E-state index contributed by atoms with van der Waals surface area (Å²) in [5, 5.41) is 8.38. The van der Waals surface area contributed by atoms with Crippen LogP contribution in [0.4, 0.5) is 0 Å². The third-order valence-corrected chi connectivity index (χ3v) is 1.28. The molecule has 0 radical (unpaired) electrons. The van der Waals surface area contributed by atoms with Crippen LogP contribution in [0.1, 0.15) is 12.8 Å². The lowest BCUT2D eigenvalue weighted by atomic mass is 10.2. The molecule has 0 amide bonds. The highest BCUT2D eigenvalue weighted by molar-refractivity contribution is 5.75. The van der Waals surface area contributed by atoms with Crippen LogP contribution in [0.5, 0.6) is 0 Å². The van der Waals surface area contributed by atoms with E-state index >= 15 is 0 Å². The van der Waals surface area contributed by atoms with Crippen molar-refractivity contribution in [3.63, 3.8) is 0 Å². The molecule has 9 heteroatoms. The van der Waals surface area contributed by atoms with Gasteiger partial charge in [-0.25, -0.2) is 0 Å². The van der Waals surface area contributed by atoms with Crippen molar-refractivity contribution in [3.05, 3.63) is 0 Å². The molecule has 0 saturated carbocycles. The number of guanidine groups is 1. The van der Waals surface area contributed by atoms with Gasteiger partial charge < -0.3 is 38.7 Å². The Kier molecular flexibility index (Phi) is 19.6. The van der Waals surface area contributed by atoms with Crippen LogP contribution in [0.2, 0.25) is 0 Å². The number of carboxylic acids is 1. The minimum Gasteiger partial charge on any atom is -0.480 e. The lowest BCUT2D eigenvalue weighted by Crippen LogP contribution is -2.30. The van der Waals surface area contributed by atoms with Crippen LogP contribution >= 0.6 is 0 Å². The normalized spacial score (nSPS) is 9.67. The van der Waals surface area contributed by atoms with Gasteiger partial charge in [-0.2, -0.15) is 0 Å². The Bertz CT molecular complexity index is 182. The van der Waals surface area contributed by atoms with Crippen LogP contribution in [0, 0.1) is 0 Å². The summed E-state index contributed by atoms with van der Waals surface area (Å²) in [4.78, 5) is 13.9. The third kappa shape index (κ3) is 15.3. The lowest BCUT2D eigenvalue weighted by Gasteiger charge is -2.03. The second-order valence-corrected chi connectivity index (χ2v) is 2.39. The van der Waals surface area contributed by atoms with Gasteiger partial charge in [0.25, 0.3) is 0 Å². The van der Waals surface area contributed by atoms with Gasteiger partial charge >= 0.3 is 5.97 Å². The molecule has 13 N–H and O–H groups in total. The summed E-state index contributed by atoms with van der Waals surface area (Å²) in [5.74, 6) is -0.987. The Hall–Kier alpha value is -1.42. The van der Waals surface area contributed by atoms with E-state index < -0.39 is 12.0 Å². The molecule has 0 aliphatic carbocycles. The number of hydrogen-bond acceptors (Lipinski definition) is 3. The molecule has 0 aromatic heterocycles. The number of carbonyl (C=O) groups is 1. The highest BCUT2D eigenvalue weighted by Crippen LogP contribution is 1.94. The Morgan fingerprint density at radius 3 is 2.07 bits per heavy atom. The summed E-state index contributed by atoms with van der Waals surface area (Å²) in [6, 6.07) is -0.820. The maximum Gasteiger partial charge on any atom is 0.320 e. The van der Waals surface area contributed by atoms with E-state index in [0.717, 1.165) is 0 Å². The topological polar surface area (TPSA) is 222 Å². The Labute approximate surface area is 86.9 Å². The van der Waals surface area contributed by atoms with Crippen molar-refractivity contribution in [1.82, 2.24) is 0 Å². The van der Waals surface area contributed by atoms with Crippen LogP contribution in [0.15, 0.2) is 4.99 Å². The van der Waals surface area contributed by atoms with E-state index in [9.17, 15) is 4.79 Å². The van der Waals surface area contributed by atoms with E-state index in [4.69, 9.17) is 22.3 Å². The molecule has 0 saturated heterocycles. The molecular formula is C6H20N4O5. The predicted molar refractivity (Wildman–Crippen MR) is 56.4 cm³/mol. The molecule has 0 fully saturated rings. The number of carboxylic acid groups (broad SMARTS) is 1. The van der Waals surface area contributed by atoms with Crippen LogP contribution in [0.3, 0.4) is 0 Å². The smallest absolute Gasteiger partial charge is 0.320 e. The van der Waals surface area contributed by atoms with Crippen LogP contribution in [0.25, 0.3) is 0 Å². The van der Waals surface area contributed by atoms with Crippen molar-refractivity contribution in [3.8, 4) is 0 Å². The summed E-state index contributed by atoms with van der Waals surface area (Å²) in [6.07, 6.45) is 0.956. The fraction of sp³-hybridized carbons (Fsp3) is 0.667. The van der Waals surface area contributed by atoms with E-state index in [-0.39, 0.29) is 22.4 Å². The molecule has 0 aliphatic heterocycles. The van der Waals surface area contributed by atoms with Gasteiger partial charge in [0, 0.05) is 6.54 Å². The largest absolute Gasteiger partial charge is 0.480 e. The summed E-state index contributed by atoms with van der Waals surface area (Å²) in [5.41, 5.74) is 15.3. The van der Waals surface area contributed by atoms with E-state index in [1.54, 1.807) is 0 Å². The maximum absolute atomic E-state index is 10.2. The second-order valence-electron chi connectivity index (χ2n) is 2.39. The van der Waals surface area contributed by atoms with Crippen molar-refractivity contribution >= 4 is 11.9 Å². The van der Waals surface area contributed by atoms with Gasteiger partial charge in [-0.1, -0.05) is 0 Å². The van der Waals surface area contributed by atoms with Gasteiger partial charge in [-0.3, -0.25) is 9.79 Å². The first kappa shape index (κ1) is 23.4. The molecule has 0 aromatic rings. The number of hydrogen-bond donors (Lipinski definition) is 4. The van der Waals surface area contributed by atoms with Gasteiger partial charge in [-0.05, 0) is 12.8 Å². The van der Waals surface area contributed by atoms with E-state index in [0.29, 0.717) is 19.4 Å². The fourth-order valence-electron chi connectivity index (χ4n) is 0.643. The molecule has 94 valence electrons. The average molecular weight is 228 g/mol. The number of nitrogens with zero attached hydrogens (tertiary/aromatic N) is 1. The van der Waals surface area contributed by atoms with Crippen molar-refractivity contribution in [2.75, 3.05) is 6.54 Å². The lowest BCUT2D eigenvalue weighted by molar-refractivity contribution is -0.138. The van der Waals surface area contributed by atoms with Crippen molar-refractivity contribution < 1.29 is 26.3 Å². The molecule has 0 aliphatic rings. The maximum atomic E-state index is 10.2. The molecule has 0 heterocycles. The molecule has 1 atom stereocenters. The summed E-state index contributed by atoms with van der Waals surface area (Å²) < 4.78 is 0. The van der Waals surface area contributed by atoms with Gasteiger partial charge in [0.1, 0.15) is 6.04 Å². The highest BCUT2D eigenvalue weighted by Gasteiger charge is 2.09. The van der Waals surface area contributed by atoms with Gasteiger partial charge in [0.2, 0.25) is 0 Å². The zero-order chi connectivity index (χ0) is 9.56. The third-order valence-electron chi connectivity index (χ3n) is 1.28. The molecule has 0 spiro atoms. The fourth-order valence-corrected chi connectivity index (χ4v) is 0.643. The summed E-state index contributed by atoms with van der Waals surface area (Å²) >= 11 is 0. The van der Waals surface area contributed by atoms with E-state index in [1.165, 1.54) is 0 Å². The Morgan fingerprint density at radius 2 is 1.73 bits per heavy atom. The summed E-state index contributed by atoms with van der Waals surface area (Å²) in [6.45, 7) is 0.420. The standard InChI is InChI=1S/C6H14N4O2.3H2O/c7-4(5(11)12)2-1-3-10-6(8)9;;;/h4H,1-3,7H2,(H,11,12)(H4,8,9,10);3*1H2/t4-;;;/m0.../s1. The molecule has 9 nitrogen and oxygen atoms in total. The van der Waals surface area contributed by atoms with E-state index in [1.807, 2.05) is 0 Å². The first-order valence-electron chi connectivity index (χ1n) is 3.58. The van der Waals surface area contributed by atoms with Crippen LogP contribution in [-0.2, 0) is 4.79 Å². The monoisotopic (exact) mass is 228 g/mol. The SMILES string of the molecule is NC(N)=NCCC[C@H](N)C(=O)O.O.O.O. The van der Waals surface area contributed by atoms with Crippen LogP contribution < -0.4 is 17.2 Å². The predicted octanol–water partition coefficient (Wildman–Crippen LogP) is -4.02. The second kappa shape index (κ2) is 12.6. The zero-order valence-electron chi connectivity index (χ0n) is 8.23.